The molecule has 1 aromatic carbocycles. The van der Waals surface area contributed by atoms with Crippen molar-refractivity contribution in [2.45, 2.75) is 19.6 Å². The monoisotopic (exact) mass is 282 g/mol. The van der Waals surface area contributed by atoms with Crippen molar-refractivity contribution in [1.29, 1.82) is 0 Å². The Balaban J connectivity index is 0.00000180. The van der Waals surface area contributed by atoms with E-state index < -0.39 is 0 Å². The first kappa shape index (κ1) is 15.7. The van der Waals surface area contributed by atoms with Gasteiger partial charge in [0.2, 0.25) is 0 Å². The lowest BCUT2D eigenvalue weighted by Gasteiger charge is -2.11. The number of rotatable bonds is 5. The maximum absolute atomic E-state index is 11.7. The highest BCUT2D eigenvalue weighted by atomic mass is 35.5. The SMILES string of the molecule is COC(C)CNCc1c[nH]c(=O)c2ccccc12.Cl. The molecule has 0 spiro atoms. The van der Waals surface area contributed by atoms with E-state index in [1.54, 1.807) is 13.3 Å². The van der Waals surface area contributed by atoms with Crippen molar-refractivity contribution in [3.63, 3.8) is 0 Å². The van der Waals surface area contributed by atoms with E-state index in [4.69, 9.17) is 4.74 Å². The quantitative estimate of drug-likeness (QED) is 0.883. The predicted molar refractivity (Wildman–Crippen MR) is 80.0 cm³/mol. The van der Waals surface area contributed by atoms with Crippen LogP contribution in [-0.4, -0.2) is 24.7 Å². The van der Waals surface area contributed by atoms with E-state index in [0.29, 0.717) is 6.54 Å². The first-order chi connectivity index (χ1) is 8.72. The Kier molecular flexibility index (Phi) is 6.02. The summed E-state index contributed by atoms with van der Waals surface area (Å²) >= 11 is 0. The van der Waals surface area contributed by atoms with Crippen molar-refractivity contribution in [2.75, 3.05) is 13.7 Å². The third-order valence-corrected chi connectivity index (χ3v) is 3.04. The normalized spacial score (nSPS) is 12.1. The molecule has 1 atom stereocenters. The maximum Gasteiger partial charge on any atom is 0.255 e. The van der Waals surface area contributed by atoms with E-state index in [9.17, 15) is 4.79 Å². The van der Waals surface area contributed by atoms with Crippen LogP contribution in [0.3, 0.4) is 0 Å². The van der Waals surface area contributed by atoms with Crippen LogP contribution in [-0.2, 0) is 11.3 Å². The van der Waals surface area contributed by atoms with Crippen molar-refractivity contribution in [1.82, 2.24) is 10.3 Å². The molecule has 0 aliphatic heterocycles. The number of ether oxygens (including phenoxy) is 1. The molecule has 0 saturated heterocycles. The van der Waals surface area contributed by atoms with Crippen molar-refractivity contribution < 1.29 is 4.74 Å². The Hall–Kier alpha value is -1.36. The second-order valence-electron chi connectivity index (χ2n) is 4.37. The zero-order valence-electron chi connectivity index (χ0n) is 11.1. The topological polar surface area (TPSA) is 54.1 Å². The summed E-state index contributed by atoms with van der Waals surface area (Å²) in [5.74, 6) is 0. The number of nitrogens with one attached hydrogen (secondary N) is 2. The van der Waals surface area contributed by atoms with Gasteiger partial charge in [-0.2, -0.15) is 0 Å². The maximum atomic E-state index is 11.7. The number of benzene rings is 1. The number of aromatic amines is 1. The molecule has 2 N–H and O–H groups in total. The van der Waals surface area contributed by atoms with Crippen LogP contribution < -0.4 is 10.9 Å². The second-order valence-corrected chi connectivity index (χ2v) is 4.37. The highest BCUT2D eigenvalue weighted by Gasteiger charge is 2.04. The van der Waals surface area contributed by atoms with Gasteiger partial charge in [-0.25, -0.2) is 0 Å². The summed E-state index contributed by atoms with van der Waals surface area (Å²) in [6, 6.07) is 7.64. The number of hydrogen-bond donors (Lipinski definition) is 2. The summed E-state index contributed by atoms with van der Waals surface area (Å²) in [7, 11) is 1.70. The number of hydrogen-bond acceptors (Lipinski definition) is 3. The van der Waals surface area contributed by atoms with Crippen LogP contribution in [0.5, 0.6) is 0 Å². The molecule has 2 aromatic rings. The standard InChI is InChI=1S/C14H18N2O2.ClH/c1-10(18-2)7-15-8-11-9-16-14(17)13-6-4-3-5-12(11)13;/h3-6,9-10,15H,7-8H2,1-2H3,(H,16,17);1H. The van der Waals surface area contributed by atoms with Gasteiger partial charge in [-0.15, -0.1) is 12.4 Å². The molecule has 104 valence electrons. The molecule has 1 aromatic heterocycles. The zero-order chi connectivity index (χ0) is 13.0. The Bertz CT molecular complexity index is 583. The van der Waals surface area contributed by atoms with E-state index in [1.165, 1.54) is 0 Å². The van der Waals surface area contributed by atoms with Gasteiger partial charge in [0.05, 0.1) is 6.10 Å². The summed E-state index contributed by atoms with van der Waals surface area (Å²) in [5, 5.41) is 5.05. The highest BCUT2D eigenvalue weighted by molar-refractivity contribution is 5.85. The summed E-state index contributed by atoms with van der Waals surface area (Å²) in [4.78, 5) is 14.4. The number of pyridine rings is 1. The number of methoxy groups -OCH3 is 1. The molecule has 2 rings (SSSR count). The first-order valence-corrected chi connectivity index (χ1v) is 6.05. The van der Waals surface area contributed by atoms with Gasteiger partial charge in [0, 0.05) is 31.8 Å². The lowest BCUT2D eigenvalue weighted by atomic mass is 10.1. The van der Waals surface area contributed by atoms with Crippen LogP contribution in [0.1, 0.15) is 12.5 Å². The Morgan fingerprint density at radius 1 is 1.32 bits per heavy atom. The number of halogens is 1. The van der Waals surface area contributed by atoms with E-state index in [2.05, 4.69) is 10.3 Å². The molecule has 1 heterocycles. The van der Waals surface area contributed by atoms with E-state index in [1.807, 2.05) is 31.2 Å². The minimum atomic E-state index is -0.0420. The third-order valence-electron chi connectivity index (χ3n) is 3.04. The van der Waals surface area contributed by atoms with Crippen molar-refractivity contribution in [3.05, 3.63) is 46.4 Å². The Labute approximate surface area is 118 Å². The zero-order valence-corrected chi connectivity index (χ0v) is 11.9. The molecule has 0 amide bonds. The van der Waals surface area contributed by atoms with Crippen LogP contribution in [0.25, 0.3) is 10.8 Å². The smallest absolute Gasteiger partial charge is 0.255 e. The van der Waals surface area contributed by atoms with E-state index in [0.717, 1.165) is 22.9 Å². The predicted octanol–water partition coefficient (Wildman–Crippen LogP) is 2.07. The van der Waals surface area contributed by atoms with Gasteiger partial charge in [0.25, 0.3) is 5.56 Å². The molecule has 0 saturated carbocycles. The van der Waals surface area contributed by atoms with Crippen LogP contribution >= 0.6 is 12.4 Å². The van der Waals surface area contributed by atoms with Gasteiger partial charge in [-0.05, 0) is 23.9 Å². The number of H-pyrrole nitrogens is 1. The van der Waals surface area contributed by atoms with Crippen molar-refractivity contribution in [2.24, 2.45) is 0 Å². The lowest BCUT2D eigenvalue weighted by Crippen LogP contribution is -2.26. The van der Waals surface area contributed by atoms with Gasteiger partial charge >= 0.3 is 0 Å². The molecular weight excluding hydrogens is 264 g/mol. The first-order valence-electron chi connectivity index (χ1n) is 6.05. The van der Waals surface area contributed by atoms with Crippen LogP contribution in [0, 0.1) is 0 Å². The summed E-state index contributed by atoms with van der Waals surface area (Å²) in [6.45, 7) is 3.51. The van der Waals surface area contributed by atoms with Gasteiger partial charge < -0.3 is 15.0 Å². The molecule has 0 aliphatic carbocycles. The molecule has 0 bridgehead atoms. The Morgan fingerprint density at radius 2 is 2.00 bits per heavy atom. The summed E-state index contributed by atoms with van der Waals surface area (Å²) in [5.41, 5.74) is 1.05. The van der Waals surface area contributed by atoms with Crippen LogP contribution in [0.15, 0.2) is 35.3 Å². The summed E-state index contributed by atoms with van der Waals surface area (Å²) in [6.07, 6.45) is 1.95. The molecule has 0 fully saturated rings. The molecule has 0 radical (unpaired) electrons. The molecule has 0 aliphatic rings. The lowest BCUT2D eigenvalue weighted by molar-refractivity contribution is 0.117. The summed E-state index contributed by atoms with van der Waals surface area (Å²) < 4.78 is 5.17. The van der Waals surface area contributed by atoms with Crippen molar-refractivity contribution in [3.8, 4) is 0 Å². The van der Waals surface area contributed by atoms with E-state index in [-0.39, 0.29) is 24.1 Å². The van der Waals surface area contributed by atoms with Crippen LogP contribution in [0.4, 0.5) is 0 Å². The molecule has 19 heavy (non-hydrogen) atoms. The fourth-order valence-electron chi connectivity index (χ4n) is 1.91. The van der Waals surface area contributed by atoms with Gasteiger partial charge in [-0.1, -0.05) is 18.2 Å². The minimum absolute atomic E-state index is 0. The van der Waals surface area contributed by atoms with E-state index >= 15 is 0 Å². The van der Waals surface area contributed by atoms with Crippen LogP contribution in [0.2, 0.25) is 0 Å². The van der Waals surface area contributed by atoms with Gasteiger partial charge in [-0.3, -0.25) is 4.79 Å². The molecular formula is C14H19ClN2O2. The number of fused-ring (bicyclic) bond motifs is 1. The Morgan fingerprint density at radius 3 is 2.68 bits per heavy atom. The second kappa shape index (κ2) is 7.28. The number of aromatic nitrogens is 1. The van der Waals surface area contributed by atoms with Gasteiger partial charge in [0.15, 0.2) is 0 Å². The fraction of sp³-hybridized carbons (Fsp3) is 0.357. The largest absolute Gasteiger partial charge is 0.380 e. The average molecular weight is 283 g/mol. The van der Waals surface area contributed by atoms with Crippen molar-refractivity contribution >= 4 is 23.2 Å². The average Bonchev–Trinajstić information content (AvgIpc) is 2.41. The highest BCUT2D eigenvalue weighted by Crippen LogP contribution is 2.13. The molecule has 4 nitrogen and oxygen atoms in total. The molecule has 1 unspecified atom stereocenters. The third kappa shape index (κ3) is 3.80. The molecule has 5 heteroatoms. The fourth-order valence-corrected chi connectivity index (χ4v) is 1.91. The minimum Gasteiger partial charge on any atom is -0.380 e. The van der Waals surface area contributed by atoms with Gasteiger partial charge in [0.1, 0.15) is 0 Å².